The summed E-state index contributed by atoms with van der Waals surface area (Å²) in [6.45, 7) is -0.629. The Morgan fingerprint density at radius 1 is 1.28 bits per heavy atom. The molecule has 1 aliphatic rings. The lowest BCUT2D eigenvalue weighted by atomic mass is 9.87. The summed E-state index contributed by atoms with van der Waals surface area (Å²) in [7, 11) is 1.19. The number of hydrogen-bond acceptors (Lipinski definition) is 2. The van der Waals surface area contributed by atoms with Crippen LogP contribution in [0.4, 0.5) is 13.2 Å². The average Bonchev–Trinajstić information content (AvgIpc) is 2.34. The lowest BCUT2D eigenvalue weighted by Gasteiger charge is -2.25. The number of hydrogen-bond donors (Lipinski definition) is 1. The van der Waals surface area contributed by atoms with Crippen LogP contribution >= 0.6 is 0 Å². The number of halogens is 3. The van der Waals surface area contributed by atoms with Gasteiger partial charge >= 0.3 is 6.18 Å². The highest BCUT2D eigenvalue weighted by atomic mass is 19.4. The lowest BCUT2D eigenvalue weighted by Crippen LogP contribution is -2.36. The monoisotopic (exact) mass is 266 g/mol. The molecule has 0 aromatic carbocycles. The van der Waals surface area contributed by atoms with E-state index in [-0.39, 0.29) is 5.92 Å². The van der Waals surface area contributed by atoms with E-state index in [4.69, 9.17) is 9.84 Å². The van der Waals surface area contributed by atoms with Gasteiger partial charge in [-0.2, -0.15) is 13.2 Å². The third kappa shape index (κ3) is 4.61. The highest BCUT2D eigenvalue weighted by Crippen LogP contribution is 2.33. The summed E-state index contributed by atoms with van der Waals surface area (Å²) in [5, 5.41) is 8.94. The first-order chi connectivity index (χ1) is 8.49. The Balaban J connectivity index is 2.68. The second kappa shape index (κ2) is 7.14. The summed E-state index contributed by atoms with van der Waals surface area (Å²) in [6.07, 6.45) is 2.47. The Labute approximate surface area is 106 Å². The minimum atomic E-state index is -4.38. The van der Waals surface area contributed by atoms with E-state index >= 15 is 0 Å². The Morgan fingerprint density at radius 3 is 2.33 bits per heavy atom. The second-order valence-corrected chi connectivity index (χ2v) is 4.81. The van der Waals surface area contributed by atoms with Crippen LogP contribution in [0.5, 0.6) is 0 Å². The first kappa shape index (κ1) is 15.5. The molecule has 1 fully saturated rings. The van der Waals surface area contributed by atoms with Crippen molar-refractivity contribution >= 4 is 0 Å². The number of aliphatic hydroxyl groups excluding tert-OH is 1. The molecule has 0 radical (unpaired) electrons. The highest BCUT2D eigenvalue weighted by molar-refractivity contribution is 4.99. The maximum atomic E-state index is 12.9. The summed E-state index contributed by atoms with van der Waals surface area (Å²) in [6, 6.07) is 0. The molecule has 1 rings (SSSR count). The number of allylic oxidation sites excluding steroid dienone is 1. The van der Waals surface area contributed by atoms with Gasteiger partial charge in [0.1, 0.15) is 5.92 Å². The Bertz CT molecular complexity index is 253. The van der Waals surface area contributed by atoms with Gasteiger partial charge in [0.25, 0.3) is 0 Å². The molecule has 106 valence electrons. The van der Waals surface area contributed by atoms with Crippen LogP contribution in [0.15, 0.2) is 12.2 Å². The van der Waals surface area contributed by atoms with E-state index in [9.17, 15) is 13.2 Å². The van der Waals surface area contributed by atoms with E-state index < -0.39 is 24.8 Å². The molecule has 0 spiro atoms. The number of alkyl halides is 3. The van der Waals surface area contributed by atoms with Crippen molar-refractivity contribution in [2.24, 2.45) is 11.8 Å². The fourth-order valence-electron chi connectivity index (χ4n) is 2.38. The van der Waals surface area contributed by atoms with Gasteiger partial charge in [0, 0.05) is 7.11 Å². The average molecular weight is 266 g/mol. The zero-order chi connectivity index (χ0) is 13.6. The van der Waals surface area contributed by atoms with Crippen LogP contribution in [0.25, 0.3) is 0 Å². The molecule has 1 saturated carbocycles. The van der Waals surface area contributed by atoms with Crippen LogP contribution in [0.3, 0.4) is 0 Å². The van der Waals surface area contributed by atoms with Crippen molar-refractivity contribution in [1.82, 2.24) is 0 Å². The fraction of sp³-hybridized carbons (Fsp3) is 0.846. The van der Waals surface area contributed by atoms with E-state index in [1.165, 1.54) is 19.6 Å². The summed E-state index contributed by atoms with van der Waals surface area (Å²) < 4.78 is 43.3. The van der Waals surface area contributed by atoms with Gasteiger partial charge in [-0.25, -0.2) is 0 Å². The van der Waals surface area contributed by atoms with Crippen molar-refractivity contribution in [3.63, 3.8) is 0 Å². The van der Waals surface area contributed by atoms with Gasteiger partial charge in [0.2, 0.25) is 0 Å². The summed E-state index contributed by atoms with van der Waals surface area (Å²) in [5.74, 6) is -1.49. The number of ether oxygens (including phenoxy) is 1. The van der Waals surface area contributed by atoms with Gasteiger partial charge in [-0.3, -0.25) is 0 Å². The first-order valence-corrected chi connectivity index (χ1v) is 6.37. The first-order valence-electron chi connectivity index (χ1n) is 6.37. The Morgan fingerprint density at radius 2 is 1.89 bits per heavy atom. The van der Waals surface area contributed by atoms with Crippen molar-refractivity contribution in [1.29, 1.82) is 0 Å². The minimum absolute atomic E-state index is 0.236. The van der Waals surface area contributed by atoms with E-state index in [0.29, 0.717) is 0 Å². The van der Waals surface area contributed by atoms with E-state index in [0.717, 1.165) is 25.7 Å². The predicted molar refractivity (Wildman–Crippen MR) is 63.1 cm³/mol. The van der Waals surface area contributed by atoms with E-state index in [2.05, 4.69) is 0 Å². The van der Waals surface area contributed by atoms with Crippen LogP contribution in [0.2, 0.25) is 0 Å². The van der Waals surface area contributed by atoms with Gasteiger partial charge in [-0.1, -0.05) is 31.4 Å². The third-order valence-electron chi connectivity index (χ3n) is 3.50. The van der Waals surface area contributed by atoms with Gasteiger partial charge in [0.15, 0.2) is 0 Å². The molecule has 1 aliphatic carbocycles. The number of rotatable bonds is 5. The van der Waals surface area contributed by atoms with Crippen LogP contribution in [-0.4, -0.2) is 31.1 Å². The molecule has 1 N–H and O–H groups in total. The molecule has 0 aromatic rings. The van der Waals surface area contributed by atoms with Crippen molar-refractivity contribution in [3.05, 3.63) is 12.2 Å². The van der Waals surface area contributed by atoms with Gasteiger partial charge in [0.05, 0.1) is 12.7 Å². The standard InChI is InChI=1S/C13H21F3O2/c1-18-12(9-17)11(13(14,15)16)8-7-10-5-3-2-4-6-10/h7-8,10-12,17H,2-6,9H2,1H3/b8-7+/t11-,12+/m0/s1. The smallest absolute Gasteiger partial charge is 0.394 e. The molecule has 0 bridgehead atoms. The van der Waals surface area contributed by atoms with E-state index in [1.807, 2.05) is 0 Å². The summed E-state index contributed by atoms with van der Waals surface area (Å²) in [4.78, 5) is 0. The highest BCUT2D eigenvalue weighted by Gasteiger charge is 2.43. The van der Waals surface area contributed by atoms with E-state index in [1.54, 1.807) is 6.08 Å². The molecular weight excluding hydrogens is 245 g/mol. The van der Waals surface area contributed by atoms with Crippen molar-refractivity contribution in [3.8, 4) is 0 Å². The molecule has 5 heteroatoms. The second-order valence-electron chi connectivity index (χ2n) is 4.81. The molecular formula is C13H21F3O2. The zero-order valence-corrected chi connectivity index (χ0v) is 10.6. The maximum absolute atomic E-state index is 12.9. The van der Waals surface area contributed by atoms with Crippen LogP contribution in [-0.2, 0) is 4.74 Å². The van der Waals surface area contributed by atoms with Crippen molar-refractivity contribution in [2.45, 2.75) is 44.4 Å². The number of methoxy groups -OCH3 is 1. The fourth-order valence-corrected chi connectivity index (χ4v) is 2.38. The van der Waals surface area contributed by atoms with Crippen molar-refractivity contribution in [2.75, 3.05) is 13.7 Å². The van der Waals surface area contributed by atoms with Gasteiger partial charge in [-0.15, -0.1) is 0 Å². The summed E-state index contributed by atoms with van der Waals surface area (Å²) in [5.41, 5.74) is 0. The van der Waals surface area contributed by atoms with Crippen LogP contribution < -0.4 is 0 Å². The molecule has 0 amide bonds. The molecule has 18 heavy (non-hydrogen) atoms. The SMILES string of the molecule is CO[C@H](CO)[C@H](/C=C/C1CCCCC1)C(F)(F)F. The molecule has 0 saturated heterocycles. The van der Waals surface area contributed by atoms with Crippen LogP contribution in [0.1, 0.15) is 32.1 Å². The molecule has 0 unspecified atom stereocenters. The molecule has 2 nitrogen and oxygen atoms in total. The van der Waals surface area contributed by atoms with Crippen LogP contribution in [0, 0.1) is 11.8 Å². The third-order valence-corrected chi connectivity index (χ3v) is 3.50. The molecule has 0 aliphatic heterocycles. The predicted octanol–water partition coefficient (Wildman–Crippen LogP) is 3.31. The topological polar surface area (TPSA) is 29.5 Å². The molecule has 0 heterocycles. The zero-order valence-electron chi connectivity index (χ0n) is 10.6. The Kier molecular flexibility index (Phi) is 6.15. The quantitative estimate of drug-likeness (QED) is 0.774. The molecule has 2 atom stereocenters. The largest absolute Gasteiger partial charge is 0.397 e. The number of aliphatic hydroxyl groups is 1. The lowest BCUT2D eigenvalue weighted by molar-refractivity contribution is -0.193. The normalized spacial score (nSPS) is 22.3. The van der Waals surface area contributed by atoms with Gasteiger partial charge < -0.3 is 9.84 Å². The van der Waals surface area contributed by atoms with Gasteiger partial charge in [-0.05, 0) is 18.8 Å². The maximum Gasteiger partial charge on any atom is 0.397 e. The summed E-state index contributed by atoms with van der Waals surface area (Å²) >= 11 is 0. The van der Waals surface area contributed by atoms with Crippen molar-refractivity contribution < 1.29 is 23.0 Å². The molecule has 0 aromatic heterocycles. The Hall–Kier alpha value is -0.550. The minimum Gasteiger partial charge on any atom is -0.394 e.